The fourth-order valence-electron chi connectivity index (χ4n) is 1.95. The molecule has 0 atom stereocenters. The standard InChI is InChI=1S/C14H29NO/c1-5-7-8-15-9-13(10-15)11-16-12-14(3,4)6-2/h13H,5-12H2,1-4H3. The van der Waals surface area contributed by atoms with Crippen LogP contribution >= 0.6 is 0 Å². The van der Waals surface area contributed by atoms with Crippen molar-refractivity contribution in [1.82, 2.24) is 4.90 Å². The molecule has 96 valence electrons. The van der Waals surface area contributed by atoms with Gasteiger partial charge in [-0.1, -0.05) is 34.1 Å². The number of hydrogen-bond donors (Lipinski definition) is 0. The second-order valence-electron chi connectivity index (χ2n) is 6.01. The summed E-state index contributed by atoms with van der Waals surface area (Å²) >= 11 is 0. The lowest BCUT2D eigenvalue weighted by Crippen LogP contribution is -2.49. The SMILES string of the molecule is CCCCN1CC(COCC(C)(C)CC)C1. The highest BCUT2D eigenvalue weighted by atomic mass is 16.5. The van der Waals surface area contributed by atoms with Crippen molar-refractivity contribution in [3.05, 3.63) is 0 Å². The quantitative estimate of drug-likeness (QED) is 0.631. The van der Waals surface area contributed by atoms with Gasteiger partial charge in [-0.2, -0.15) is 0 Å². The van der Waals surface area contributed by atoms with Crippen LogP contribution in [0.2, 0.25) is 0 Å². The van der Waals surface area contributed by atoms with E-state index in [2.05, 4.69) is 32.6 Å². The van der Waals surface area contributed by atoms with Gasteiger partial charge in [0, 0.05) is 19.0 Å². The van der Waals surface area contributed by atoms with Gasteiger partial charge in [-0.3, -0.25) is 0 Å². The van der Waals surface area contributed by atoms with Crippen LogP contribution in [0.15, 0.2) is 0 Å². The summed E-state index contributed by atoms with van der Waals surface area (Å²) in [5, 5.41) is 0. The van der Waals surface area contributed by atoms with E-state index in [-0.39, 0.29) is 0 Å². The first-order valence-electron chi connectivity index (χ1n) is 6.87. The molecule has 0 aromatic rings. The summed E-state index contributed by atoms with van der Waals surface area (Å²) in [5.74, 6) is 0.796. The summed E-state index contributed by atoms with van der Waals surface area (Å²) < 4.78 is 5.82. The summed E-state index contributed by atoms with van der Waals surface area (Å²) in [7, 11) is 0. The Bertz CT molecular complexity index is 185. The maximum atomic E-state index is 5.82. The van der Waals surface area contributed by atoms with Gasteiger partial charge in [-0.05, 0) is 24.8 Å². The molecule has 16 heavy (non-hydrogen) atoms. The molecule has 0 aliphatic carbocycles. The minimum Gasteiger partial charge on any atom is -0.381 e. The third kappa shape index (κ3) is 4.84. The van der Waals surface area contributed by atoms with Gasteiger partial charge in [-0.15, -0.1) is 0 Å². The van der Waals surface area contributed by atoms with E-state index in [1.54, 1.807) is 0 Å². The number of rotatable bonds is 8. The molecule has 0 unspecified atom stereocenters. The summed E-state index contributed by atoms with van der Waals surface area (Å²) in [6.07, 6.45) is 3.85. The Morgan fingerprint density at radius 3 is 2.50 bits per heavy atom. The maximum absolute atomic E-state index is 5.82. The average molecular weight is 227 g/mol. The van der Waals surface area contributed by atoms with Gasteiger partial charge in [0.15, 0.2) is 0 Å². The van der Waals surface area contributed by atoms with Crippen molar-refractivity contribution >= 4 is 0 Å². The predicted molar refractivity (Wildman–Crippen MR) is 69.7 cm³/mol. The molecule has 1 aliphatic rings. The van der Waals surface area contributed by atoms with Crippen LogP contribution in [-0.2, 0) is 4.74 Å². The minimum atomic E-state index is 0.353. The largest absolute Gasteiger partial charge is 0.381 e. The molecule has 0 bridgehead atoms. The Labute approximate surface area is 101 Å². The Morgan fingerprint density at radius 2 is 1.94 bits per heavy atom. The normalized spacial score (nSPS) is 18.8. The Hall–Kier alpha value is -0.0800. The van der Waals surface area contributed by atoms with Gasteiger partial charge in [0.2, 0.25) is 0 Å². The molecule has 1 saturated heterocycles. The first-order valence-corrected chi connectivity index (χ1v) is 6.87. The van der Waals surface area contributed by atoms with Crippen molar-refractivity contribution in [1.29, 1.82) is 0 Å². The van der Waals surface area contributed by atoms with Crippen LogP contribution in [-0.4, -0.2) is 37.7 Å². The van der Waals surface area contributed by atoms with Crippen LogP contribution in [0.5, 0.6) is 0 Å². The minimum absolute atomic E-state index is 0.353. The second kappa shape index (κ2) is 6.61. The third-order valence-electron chi connectivity index (χ3n) is 3.66. The van der Waals surface area contributed by atoms with Crippen LogP contribution < -0.4 is 0 Å². The van der Waals surface area contributed by atoms with Gasteiger partial charge < -0.3 is 9.64 Å². The van der Waals surface area contributed by atoms with Crippen molar-refractivity contribution in [3.63, 3.8) is 0 Å². The highest BCUT2D eigenvalue weighted by Gasteiger charge is 2.26. The van der Waals surface area contributed by atoms with Gasteiger partial charge >= 0.3 is 0 Å². The Morgan fingerprint density at radius 1 is 1.25 bits per heavy atom. The molecule has 2 nitrogen and oxygen atoms in total. The third-order valence-corrected chi connectivity index (χ3v) is 3.66. The number of hydrogen-bond acceptors (Lipinski definition) is 2. The lowest BCUT2D eigenvalue weighted by atomic mass is 9.91. The summed E-state index contributed by atoms with van der Waals surface area (Å²) in [5.41, 5.74) is 0.353. The van der Waals surface area contributed by atoms with Crippen molar-refractivity contribution in [3.8, 4) is 0 Å². The van der Waals surface area contributed by atoms with E-state index < -0.39 is 0 Å². The van der Waals surface area contributed by atoms with Crippen LogP contribution in [0.4, 0.5) is 0 Å². The number of nitrogens with zero attached hydrogens (tertiary/aromatic N) is 1. The molecule has 0 spiro atoms. The van der Waals surface area contributed by atoms with Gasteiger partial charge in [0.1, 0.15) is 0 Å². The van der Waals surface area contributed by atoms with E-state index in [1.807, 2.05) is 0 Å². The maximum Gasteiger partial charge on any atom is 0.0519 e. The molecule has 0 amide bonds. The van der Waals surface area contributed by atoms with E-state index in [4.69, 9.17) is 4.74 Å². The molecule has 0 saturated carbocycles. The summed E-state index contributed by atoms with van der Waals surface area (Å²) in [6, 6.07) is 0. The highest BCUT2D eigenvalue weighted by Crippen LogP contribution is 2.21. The van der Waals surface area contributed by atoms with Crippen LogP contribution in [0.25, 0.3) is 0 Å². The molecule has 2 heteroatoms. The molecule has 1 heterocycles. The zero-order valence-electron chi connectivity index (χ0n) is 11.6. The Kier molecular flexibility index (Phi) is 5.77. The molecular weight excluding hydrogens is 198 g/mol. The number of unbranched alkanes of at least 4 members (excludes halogenated alkanes) is 1. The predicted octanol–water partition coefficient (Wildman–Crippen LogP) is 3.17. The van der Waals surface area contributed by atoms with Crippen molar-refractivity contribution < 1.29 is 4.74 Å². The summed E-state index contributed by atoms with van der Waals surface area (Å²) in [6.45, 7) is 14.7. The van der Waals surface area contributed by atoms with Crippen LogP contribution in [0, 0.1) is 11.3 Å². The van der Waals surface area contributed by atoms with Crippen LogP contribution in [0.1, 0.15) is 47.0 Å². The highest BCUT2D eigenvalue weighted by molar-refractivity contribution is 4.79. The van der Waals surface area contributed by atoms with Crippen molar-refractivity contribution in [2.24, 2.45) is 11.3 Å². The van der Waals surface area contributed by atoms with E-state index in [0.717, 1.165) is 19.1 Å². The molecule has 0 N–H and O–H groups in total. The summed E-state index contributed by atoms with van der Waals surface area (Å²) in [4.78, 5) is 2.54. The second-order valence-corrected chi connectivity index (χ2v) is 6.01. The Balaban J connectivity index is 1.97. The first-order chi connectivity index (χ1) is 7.57. The first kappa shape index (κ1) is 14.0. The molecule has 1 rings (SSSR count). The molecular formula is C14H29NO. The zero-order valence-corrected chi connectivity index (χ0v) is 11.6. The zero-order chi connectivity index (χ0) is 12.0. The lowest BCUT2D eigenvalue weighted by Gasteiger charge is -2.39. The molecule has 1 fully saturated rings. The van der Waals surface area contributed by atoms with E-state index in [0.29, 0.717) is 5.41 Å². The van der Waals surface area contributed by atoms with Crippen molar-refractivity contribution in [2.75, 3.05) is 32.8 Å². The van der Waals surface area contributed by atoms with Crippen LogP contribution in [0.3, 0.4) is 0 Å². The topological polar surface area (TPSA) is 12.5 Å². The van der Waals surface area contributed by atoms with E-state index >= 15 is 0 Å². The fourth-order valence-corrected chi connectivity index (χ4v) is 1.95. The number of ether oxygens (including phenoxy) is 1. The van der Waals surface area contributed by atoms with Gasteiger partial charge in [0.25, 0.3) is 0 Å². The smallest absolute Gasteiger partial charge is 0.0519 e. The van der Waals surface area contributed by atoms with Gasteiger partial charge in [-0.25, -0.2) is 0 Å². The fraction of sp³-hybridized carbons (Fsp3) is 1.00. The average Bonchev–Trinajstić information content (AvgIpc) is 2.20. The van der Waals surface area contributed by atoms with E-state index in [1.165, 1.54) is 38.9 Å². The molecule has 0 radical (unpaired) electrons. The van der Waals surface area contributed by atoms with Gasteiger partial charge in [0.05, 0.1) is 13.2 Å². The number of likely N-dealkylation sites (tertiary alicyclic amines) is 1. The van der Waals surface area contributed by atoms with E-state index in [9.17, 15) is 0 Å². The van der Waals surface area contributed by atoms with Crippen molar-refractivity contribution in [2.45, 2.75) is 47.0 Å². The molecule has 0 aromatic heterocycles. The lowest BCUT2D eigenvalue weighted by molar-refractivity contribution is -0.0124. The molecule has 1 aliphatic heterocycles. The molecule has 0 aromatic carbocycles. The monoisotopic (exact) mass is 227 g/mol.